The van der Waals surface area contributed by atoms with Crippen molar-refractivity contribution < 1.29 is 4.39 Å². The third-order valence-electron chi connectivity index (χ3n) is 2.31. The van der Waals surface area contributed by atoms with Gasteiger partial charge in [-0.2, -0.15) is 0 Å². The molecule has 0 fully saturated rings. The van der Waals surface area contributed by atoms with E-state index < -0.39 is 0 Å². The third kappa shape index (κ3) is 2.16. The molecule has 2 rings (SSSR count). The standard InChI is InChI=1S/C10H12FN5/c1-7(8-4-3-5-9(11)6-8)12-10-13-14-15-16(10)2/h3-7H,1-2H3,(H,12,13,15). The van der Waals surface area contributed by atoms with Crippen molar-refractivity contribution in [3.63, 3.8) is 0 Å². The predicted molar refractivity (Wildman–Crippen MR) is 57.2 cm³/mol. The van der Waals surface area contributed by atoms with E-state index in [-0.39, 0.29) is 11.9 Å². The first-order valence-corrected chi connectivity index (χ1v) is 4.91. The Morgan fingerprint density at radius 1 is 1.44 bits per heavy atom. The lowest BCUT2D eigenvalue weighted by Crippen LogP contribution is -2.11. The molecule has 5 nitrogen and oxygen atoms in total. The maximum absolute atomic E-state index is 13.0. The molecular formula is C10H12FN5. The van der Waals surface area contributed by atoms with Gasteiger partial charge in [-0.3, -0.25) is 0 Å². The fraction of sp³-hybridized carbons (Fsp3) is 0.300. The average Bonchev–Trinajstić information content (AvgIpc) is 2.64. The lowest BCUT2D eigenvalue weighted by molar-refractivity contribution is 0.623. The van der Waals surface area contributed by atoms with Gasteiger partial charge < -0.3 is 5.32 Å². The van der Waals surface area contributed by atoms with Crippen LogP contribution in [0.4, 0.5) is 10.3 Å². The van der Waals surface area contributed by atoms with Gasteiger partial charge in [0.05, 0.1) is 6.04 Å². The molecule has 84 valence electrons. The molecule has 2 aromatic rings. The molecule has 0 aliphatic carbocycles. The molecule has 0 radical (unpaired) electrons. The maximum Gasteiger partial charge on any atom is 0.243 e. The highest BCUT2D eigenvalue weighted by Gasteiger charge is 2.09. The second kappa shape index (κ2) is 4.26. The van der Waals surface area contributed by atoms with Crippen molar-refractivity contribution in [1.29, 1.82) is 0 Å². The number of aryl methyl sites for hydroxylation is 1. The normalized spacial score (nSPS) is 12.4. The Kier molecular flexibility index (Phi) is 2.80. The van der Waals surface area contributed by atoms with Gasteiger partial charge in [-0.1, -0.05) is 17.2 Å². The summed E-state index contributed by atoms with van der Waals surface area (Å²) in [7, 11) is 1.74. The van der Waals surface area contributed by atoms with Gasteiger partial charge >= 0.3 is 0 Å². The van der Waals surface area contributed by atoms with Crippen molar-refractivity contribution >= 4 is 5.95 Å². The summed E-state index contributed by atoms with van der Waals surface area (Å²) in [5.41, 5.74) is 0.850. The summed E-state index contributed by atoms with van der Waals surface area (Å²) in [6, 6.07) is 6.38. The minimum absolute atomic E-state index is 0.0552. The van der Waals surface area contributed by atoms with Gasteiger partial charge in [0.1, 0.15) is 5.82 Å². The Balaban J connectivity index is 2.14. The van der Waals surface area contributed by atoms with Crippen molar-refractivity contribution in [3.8, 4) is 0 Å². The van der Waals surface area contributed by atoms with E-state index in [2.05, 4.69) is 20.8 Å². The highest BCUT2D eigenvalue weighted by molar-refractivity contribution is 5.30. The van der Waals surface area contributed by atoms with Crippen LogP contribution in [-0.2, 0) is 7.05 Å². The number of nitrogens with zero attached hydrogens (tertiary/aromatic N) is 4. The molecule has 16 heavy (non-hydrogen) atoms. The zero-order chi connectivity index (χ0) is 11.5. The van der Waals surface area contributed by atoms with Crippen LogP contribution in [0.5, 0.6) is 0 Å². The number of hydrogen-bond donors (Lipinski definition) is 1. The summed E-state index contributed by atoms with van der Waals surface area (Å²) >= 11 is 0. The van der Waals surface area contributed by atoms with E-state index >= 15 is 0 Å². The Bertz CT molecular complexity index is 482. The minimum atomic E-state index is -0.248. The Morgan fingerprint density at radius 3 is 2.88 bits per heavy atom. The van der Waals surface area contributed by atoms with Crippen LogP contribution in [0.15, 0.2) is 24.3 Å². The van der Waals surface area contributed by atoms with E-state index in [0.717, 1.165) is 5.56 Å². The smallest absolute Gasteiger partial charge is 0.243 e. The van der Waals surface area contributed by atoms with Crippen LogP contribution in [0, 0.1) is 5.82 Å². The molecule has 1 unspecified atom stereocenters. The topological polar surface area (TPSA) is 55.6 Å². The van der Waals surface area contributed by atoms with Crippen molar-refractivity contribution in [2.24, 2.45) is 7.05 Å². The fourth-order valence-electron chi connectivity index (χ4n) is 1.40. The number of halogens is 1. The molecule has 6 heteroatoms. The molecule has 0 bridgehead atoms. The van der Waals surface area contributed by atoms with Crippen LogP contribution < -0.4 is 5.32 Å². The monoisotopic (exact) mass is 221 g/mol. The Morgan fingerprint density at radius 2 is 2.25 bits per heavy atom. The van der Waals surface area contributed by atoms with E-state index in [1.54, 1.807) is 13.1 Å². The second-order valence-electron chi connectivity index (χ2n) is 3.55. The predicted octanol–water partition coefficient (Wildman–Crippen LogP) is 1.52. The van der Waals surface area contributed by atoms with Gasteiger partial charge in [0.2, 0.25) is 5.95 Å². The van der Waals surface area contributed by atoms with Gasteiger partial charge in [0.25, 0.3) is 0 Å². The highest BCUT2D eigenvalue weighted by atomic mass is 19.1. The lowest BCUT2D eigenvalue weighted by atomic mass is 10.1. The molecule has 1 heterocycles. The second-order valence-corrected chi connectivity index (χ2v) is 3.55. The zero-order valence-corrected chi connectivity index (χ0v) is 9.05. The van der Waals surface area contributed by atoms with Crippen LogP contribution in [0.3, 0.4) is 0 Å². The van der Waals surface area contributed by atoms with E-state index in [1.807, 2.05) is 13.0 Å². The number of nitrogens with one attached hydrogen (secondary N) is 1. The summed E-state index contributed by atoms with van der Waals surface area (Å²) in [4.78, 5) is 0. The largest absolute Gasteiger partial charge is 0.347 e. The summed E-state index contributed by atoms with van der Waals surface area (Å²) in [6.07, 6.45) is 0. The average molecular weight is 221 g/mol. The van der Waals surface area contributed by atoms with E-state index in [0.29, 0.717) is 5.95 Å². The van der Waals surface area contributed by atoms with E-state index in [9.17, 15) is 4.39 Å². The van der Waals surface area contributed by atoms with Crippen LogP contribution in [-0.4, -0.2) is 20.2 Å². The number of tetrazole rings is 1. The molecule has 0 amide bonds. The number of benzene rings is 1. The quantitative estimate of drug-likeness (QED) is 0.853. The molecular weight excluding hydrogens is 209 g/mol. The van der Waals surface area contributed by atoms with Gasteiger partial charge in [0.15, 0.2) is 0 Å². The van der Waals surface area contributed by atoms with Crippen molar-refractivity contribution in [1.82, 2.24) is 20.2 Å². The lowest BCUT2D eigenvalue weighted by Gasteiger charge is -2.13. The Labute approximate surface area is 92.3 Å². The molecule has 0 saturated carbocycles. The summed E-state index contributed by atoms with van der Waals surface area (Å²) in [5, 5.41) is 14.1. The van der Waals surface area contributed by atoms with Gasteiger partial charge in [-0.25, -0.2) is 9.07 Å². The summed E-state index contributed by atoms with van der Waals surface area (Å²) < 4.78 is 14.5. The molecule has 1 aromatic heterocycles. The van der Waals surface area contributed by atoms with Crippen LogP contribution >= 0.6 is 0 Å². The number of hydrogen-bond acceptors (Lipinski definition) is 4. The van der Waals surface area contributed by atoms with Crippen molar-refractivity contribution in [3.05, 3.63) is 35.6 Å². The first-order valence-electron chi connectivity index (χ1n) is 4.91. The minimum Gasteiger partial charge on any atom is -0.347 e. The molecule has 0 aliphatic heterocycles. The summed E-state index contributed by atoms with van der Waals surface area (Å²) in [6.45, 7) is 1.92. The molecule has 1 aromatic carbocycles. The first-order chi connectivity index (χ1) is 7.66. The van der Waals surface area contributed by atoms with Gasteiger partial charge in [0, 0.05) is 7.05 Å². The molecule has 0 aliphatic rings. The first kappa shape index (κ1) is 10.5. The Hall–Kier alpha value is -1.98. The van der Waals surface area contributed by atoms with Crippen LogP contribution in [0.25, 0.3) is 0 Å². The SMILES string of the molecule is CC(Nc1nnnn1C)c1cccc(F)c1. The van der Waals surface area contributed by atoms with Gasteiger partial charge in [-0.05, 0) is 35.0 Å². The number of anilines is 1. The van der Waals surface area contributed by atoms with Crippen molar-refractivity contribution in [2.45, 2.75) is 13.0 Å². The number of aromatic nitrogens is 4. The molecule has 0 spiro atoms. The third-order valence-corrected chi connectivity index (χ3v) is 2.31. The van der Waals surface area contributed by atoms with Crippen LogP contribution in [0.1, 0.15) is 18.5 Å². The van der Waals surface area contributed by atoms with Gasteiger partial charge in [-0.15, -0.1) is 0 Å². The maximum atomic E-state index is 13.0. The molecule has 1 N–H and O–H groups in total. The number of rotatable bonds is 3. The molecule has 1 atom stereocenters. The van der Waals surface area contributed by atoms with Crippen molar-refractivity contribution in [2.75, 3.05) is 5.32 Å². The van der Waals surface area contributed by atoms with E-state index in [4.69, 9.17) is 0 Å². The zero-order valence-electron chi connectivity index (χ0n) is 9.05. The highest BCUT2D eigenvalue weighted by Crippen LogP contribution is 2.17. The van der Waals surface area contributed by atoms with E-state index in [1.165, 1.54) is 16.8 Å². The summed E-state index contributed by atoms with van der Waals surface area (Å²) in [5.74, 6) is 0.305. The van der Waals surface area contributed by atoms with Crippen LogP contribution in [0.2, 0.25) is 0 Å². The molecule has 0 saturated heterocycles. The fourth-order valence-corrected chi connectivity index (χ4v) is 1.40.